The maximum absolute atomic E-state index is 4.83. The lowest BCUT2D eigenvalue weighted by atomic mass is 9.83. The van der Waals surface area contributed by atoms with E-state index in [1.54, 1.807) is 0 Å². The Bertz CT molecular complexity index is 372. The van der Waals surface area contributed by atoms with Gasteiger partial charge in [0.15, 0.2) is 0 Å². The van der Waals surface area contributed by atoms with Crippen LogP contribution in [0.15, 0.2) is 12.1 Å². The molecular formula is C13H21ClN2. The highest BCUT2D eigenvalue weighted by Crippen LogP contribution is 2.29. The number of aromatic nitrogens is 1. The maximum atomic E-state index is 4.83. The molecule has 0 saturated heterocycles. The van der Waals surface area contributed by atoms with Gasteiger partial charge in [-0.2, -0.15) is 0 Å². The SMILES string of the molecule is CC(C)c1ccc2c(n1)C(C)(C)CNC2.Cl. The van der Waals surface area contributed by atoms with E-state index < -0.39 is 0 Å². The largest absolute Gasteiger partial charge is 0.312 e. The highest BCUT2D eigenvalue weighted by atomic mass is 35.5. The molecule has 1 aromatic heterocycles. The number of rotatable bonds is 1. The molecule has 0 atom stereocenters. The summed E-state index contributed by atoms with van der Waals surface area (Å²) in [4.78, 5) is 4.83. The predicted octanol–water partition coefficient (Wildman–Crippen LogP) is 3.01. The fourth-order valence-electron chi connectivity index (χ4n) is 2.15. The Labute approximate surface area is 104 Å². The van der Waals surface area contributed by atoms with Crippen molar-refractivity contribution in [2.24, 2.45) is 0 Å². The topological polar surface area (TPSA) is 24.9 Å². The number of halogens is 1. The molecule has 0 unspecified atom stereocenters. The lowest BCUT2D eigenvalue weighted by molar-refractivity contribution is 0.419. The van der Waals surface area contributed by atoms with Gasteiger partial charge in [0.05, 0.1) is 5.69 Å². The predicted molar refractivity (Wildman–Crippen MR) is 70.3 cm³/mol. The van der Waals surface area contributed by atoms with Gasteiger partial charge in [-0.1, -0.05) is 33.8 Å². The Hall–Kier alpha value is -0.600. The Morgan fingerprint density at radius 1 is 1.31 bits per heavy atom. The second kappa shape index (κ2) is 4.72. The smallest absolute Gasteiger partial charge is 0.0520 e. The van der Waals surface area contributed by atoms with E-state index in [0.717, 1.165) is 13.1 Å². The van der Waals surface area contributed by atoms with Crippen LogP contribution in [0.3, 0.4) is 0 Å². The number of fused-ring (bicyclic) bond motifs is 1. The minimum atomic E-state index is 0. The van der Waals surface area contributed by atoms with Gasteiger partial charge in [0.25, 0.3) is 0 Å². The van der Waals surface area contributed by atoms with Crippen LogP contribution < -0.4 is 5.32 Å². The molecule has 16 heavy (non-hydrogen) atoms. The fourth-order valence-corrected chi connectivity index (χ4v) is 2.15. The molecule has 0 bridgehead atoms. The van der Waals surface area contributed by atoms with E-state index in [4.69, 9.17) is 4.98 Å². The Morgan fingerprint density at radius 3 is 2.62 bits per heavy atom. The Kier molecular flexibility index (Phi) is 3.97. The van der Waals surface area contributed by atoms with Crippen molar-refractivity contribution in [2.45, 2.75) is 45.6 Å². The van der Waals surface area contributed by atoms with Crippen LogP contribution in [-0.4, -0.2) is 11.5 Å². The Balaban J connectivity index is 0.00000128. The molecular weight excluding hydrogens is 220 g/mol. The van der Waals surface area contributed by atoms with Crippen molar-refractivity contribution in [1.29, 1.82) is 0 Å². The zero-order valence-corrected chi connectivity index (χ0v) is 11.3. The molecule has 0 spiro atoms. The van der Waals surface area contributed by atoms with Crippen LogP contribution in [0.4, 0.5) is 0 Å². The van der Waals surface area contributed by atoms with Crippen LogP contribution in [-0.2, 0) is 12.0 Å². The summed E-state index contributed by atoms with van der Waals surface area (Å²) in [6.45, 7) is 10.9. The van der Waals surface area contributed by atoms with Gasteiger partial charge in [-0.25, -0.2) is 0 Å². The normalized spacial score (nSPS) is 17.8. The van der Waals surface area contributed by atoms with E-state index in [2.05, 4.69) is 45.1 Å². The molecule has 0 aromatic carbocycles. The van der Waals surface area contributed by atoms with Crippen LogP contribution in [0.2, 0.25) is 0 Å². The Morgan fingerprint density at radius 2 is 2.00 bits per heavy atom. The number of nitrogens with zero attached hydrogens (tertiary/aromatic N) is 1. The van der Waals surface area contributed by atoms with Crippen LogP contribution in [0, 0.1) is 0 Å². The van der Waals surface area contributed by atoms with E-state index in [1.807, 2.05) is 0 Å². The summed E-state index contributed by atoms with van der Waals surface area (Å²) in [5.41, 5.74) is 4.02. The van der Waals surface area contributed by atoms with E-state index in [9.17, 15) is 0 Å². The molecule has 1 aliphatic rings. The van der Waals surface area contributed by atoms with Crippen molar-refractivity contribution in [1.82, 2.24) is 10.3 Å². The molecule has 2 nitrogen and oxygen atoms in total. The first-order valence-corrected chi connectivity index (χ1v) is 5.72. The average molecular weight is 241 g/mol. The number of hydrogen-bond acceptors (Lipinski definition) is 2. The van der Waals surface area contributed by atoms with E-state index >= 15 is 0 Å². The number of hydrogen-bond donors (Lipinski definition) is 1. The lowest BCUT2D eigenvalue weighted by Crippen LogP contribution is -2.39. The van der Waals surface area contributed by atoms with Crippen molar-refractivity contribution in [3.8, 4) is 0 Å². The van der Waals surface area contributed by atoms with Crippen LogP contribution in [0.5, 0.6) is 0 Å². The van der Waals surface area contributed by atoms with Gasteiger partial charge in [0.2, 0.25) is 0 Å². The first-order valence-electron chi connectivity index (χ1n) is 5.72. The van der Waals surface area contributed by atoms with Gasteiger partial charge in [-0.3, -0.25) is 4.98 Å². The summed E-state index contributed by atoms with van der Waals surface area (Å²) in [6, 6.07) is 4.39. The first-order chi connectivity index (χ1) is 7.00. The summed E-state index contributed by atoms with van der Waals surface area (Å²) in [6.07, 6.45) is 0. The summed E-state index contributed by atoms with van der Waals surface area (Å²) in [7, 11) is 0. The molecule has 0 amide bonds. The lowest BCUT2D eigenvalue weighted by Gasteiger charge is -2.32. The molecule has 0 radical (unpaired) electrons. The minimum absolute atomic E-state index is 0. The zero-order chi connectivity index (χ0) is 11.1. The summed E-state index contributed by atoms with van der Waals surface area (Å²) >= 11 is 0. The molecule has 2 rings (SSSR count). The molecule has 1 aliphatic heterocycles. The highest BCUT2D eigenvalue weighted by Gasteiger charge is 2.28. The maximum Gasteiger partial charge on any atom is 0.0520 e. The van der Waals surface area contributed by atoms with Crippen molar-refractivity contribution in [2.75, 3.05) is 6.54 Å². The quantitative estimate of drug-likeness (QED) is 0.816. The van der Waals surface area contributed by atoms with E-state index in [1.165, 1.54) is 17.0 Å². The van der Waals surface area contributed by atoms with Gasteiger partial charge >= 0.3 is 0 Å². The molecule has 0 saturated carbocycles. The summed E-state index contributed by atoms with van der Waals surface area (Å²) < 4.78 is 0. The summed E-state index contributed by atoms with van der Waals surface area (Å²) in [5.74, 6) is 0.515. The van der Waals surface area contributed by atoms with Gasteiger partial charge < -0.3 is 5.32 Å². The minimum Gasteiger partial charge on any atom is -0.312 e. The van der Waals surface area contributed by atoms with Gasteiger partial charge in [-0.05, 0) is 17.5 Å². The van der Waals surface area contributed by atoms with E-state index in [0.29, 0.717) is 5.92 Å². The van der Waals surface area contributed by atoms with Crippen molar-refractivity contribution in [3.05, 3.63) is 29.1 Å². The first kappa shape index (κ1) is 13.5. The van der Waals surface area contributed by atoms with Crippen molar-refractivity contribution in [3.63, 3.8) is 0 Å². The third kappa shape index (κ3) is 2.38. The molecule has 2 heterocycles. The van der Waals surface area contributed by atoms with Crippen molar-refractivity contribution >= 4 is 12.4 Å². The van der Waals surface area contributed by atoms with E-state index in [-0.39, 0.29) is 17.8 Å². The molecule has 3 heteroatoms. The second-order valence-corrected chi connectivity index (χ2v) is 5.39. The fraction of sp³-hybridized carbons (Fsp3) is 0.615. The third-order valence-electron chi connectivity index (χ3n) is 3.12. The van der Waals surface area contributed by atoms with Crippen molar-refractivity contribution < 1.29 is 0 Å². The highest BCUT2D eigenvalue weighted by molar-refractivity contribution is 5.85. The monoisotopic (exact) mass is 240 g/mol. The molecule has 1 aromatic rings. The van der Waals surface area contributed by atoms with Gasteiger partial charge in [-0.15, -0.1) is 12.4 Å². The molecule has 90 valence electrons. The third-order valence-corrected chi connectivity index (χ3v) is 3.12. The molecule has 1 N–H and O–H groups in total. The van der Waals surface area contributed by atoms with Crippen LogP contribution in [0.1, 0.15) is 50.6 Å². The molecule has 0 aliphatic carbocycles. The summed E-state index contributed by atoms with van der Waals surface area (Å²) in [5, 5.41) is 3.44. The standard InChI is InChI=1S/C13H20N2.ClH/c1-9(2)11-6-5-10-7-14-8-13(3,4)12(10)15-11;/h5-6,9,14H,7-8H2,1-4H3;1H. The second-order valence-electron chi connectivity index (χ2n) is 5.39. The number of pyridine rings is 1. The van der Waals surface area contributed by atoms with Crippen LogP contribution >= 0.6 is 12.4 Å². The molecule has 0 fully saturated rings. The zero-order valence-electron chi connectivity index (χ0n) is 10.5. The average Bonchev–Trinajstić information content (AvgIpc) is 2.17. The number of nitrogens with one attached hydrogen (secondary N) is 1. The van der Waals surface area contributed by atoms with Gasteiger partial charge in [0.1, 0.15) is 0 Å². The van der Waals surface area contributed by atoms with Gasteiger partial charge in [0, 0.05) is 24.2 Å². The van der Waals surface area contributed by atoms with Crippen LogP contribution in [0.25, 0.3) is 0 Å².